The van der Waals surface area contributed by atoms with E-state index >= 15 is 0 Å². The minimum Gasteiger partial charge on any atom is -0.387 e. The van der Waals surface area contributed by atoms with Crippen LogP contribution in [0.2, 0.25) is 0 Å². The molecule has 1 fully saturated rings. The molecule has 1 aliphatic rings. The lowest BCUT2D eigenvalue weighted by atomic mass is 10.0. The van der Waals surface area contributed by atoms with Crippen molar-refractivity contribution in [2.24, 2.45) is 0 Å². The van der Waals surface area contributed by atoms with E-state index in [1.807, 2.05) is 4.98 Å². The van der Waals surface area contributed by atoms with Gasteiger partial charge >= 0.3 is 13.3 Å². The number of aromatic nitrogens is 2. The summed E-state index contributed by atoms with van der Waals surface area (Å²) in [5.74, 6) is -0.933. The Kier molecular flexibility index (Phi) is 8.78. The summed E-state index contributed by atoms with van der Waals surface area (Å²) in [6, 6.07) is 7.27. The maximum atomic E-state index is 12.7. The van der Waals surface area contributed by atoms with E-state index in [1.54, 1.807) is 26.0 Å². The third-order valence-electron chi connectivity index (χ3n) is 5.23. The number of nitrogens with zero attached hydrogens (tertiary/aromatic N) is 1. The number of rotatable bonds is 10. The molecule has 2 heterocycles. The Hall–Kier alpha value is -2.64. The van der Waals surface area contributed by atoms with Crippen molar-refractivity contribution in [3.63, 3.8) is 0 Å². The summed E-state index contributed by atoms with van der Waals surface area (Å²) < 4.78 is 29.4. The third kappa shape index (κ3) is 6.33. The van der Waals surface area contributed by atoms with Crippen molar-refractivity contribution < 1.29 is 38.5 Å². The number of hydrogen-bond acceptors (Lipinski definition) is 10. The molecule has 1 aromatic heterocycles. The maximum Gasteiger partial charge on any atom is 0.335 e. The van der Waals surface area contributed by atoms with Gasteiger partial charge in [0.1, 0.15) is 18.3 Å². The lowest BCUT2D eigenvalue weighted by Crippen LogP contribution is -2.45. The van der Waals surface area contributed by atoms with Crippen LogP contribution >= 0.6 is 7.60 Å². The number of H-pyrrole nitrogens is 1. The molecule has 5 atom stereocenters. The van der Waals surface area contributed by atoms with E-state index in [0.29, 0.717) is 11.3 Å². The SMILES string of the molecule is CCOP(=O)(Cc1ccc(NC(=O)C(O)[C@H]2O[C@@H](n3ccc(=O)[nH]c3=O)[C@H](O)[C@@H]2O)cc1)OCC. The molecular formula is C21H28N3O10P. The minimum absolute atomic E-state index is 0.0387. The number of carbonyl (C=O) groups is 1. The molecule has 0 spiro atoms. The van der Waals surface area contributed by atoms with Crippen LogP contribution in [-0.2, 0) is 29.3 Å². The van der Waals surface area contributed by atoms with Crippen LogP contribution in [-0.4, -0.2) is 68.4 Å². The first-order chi connectivity index (χ1) is 16.6. The monoisotopic (exact) mass is 513 g/mol. The Morgan fingerprint density at radius 2 is 1.77 bits per heavy atom. The molecule has 1 unspecified atom stereocenters. The fraction of sp³-hybridized carbons (Fsp3) is 0.476. The van der Waals surface area contributed by atoms with Gasteiger partial charge in [0.15, 0.2) is 12.3 Å². The number of aromatic amines is 1. The molecule has 13 nitrogen and oxygen atoms in total. The van der Waals surface area contributed by atoms with Gasteiger partial charge in [-0.15, -0.1) is 0 Å². The van der Waals surface area contributed by atoms with Crippen molar-refractivity contribution in [1.29, 1.82) is 0 Å². The fourth-order valence-corrected chi connectivity index (χ4v) is 5.31. The topological polar surface area (TPSA) is 189 Å². The Morgan fingerprint density at radius 1 is 1.14 bits per heavy atom. The standard InChI is InChI=1S/C21H28N3O10P/c1-3-32-35(31,33-4-2)11-12-5-7-13(8-6-12)22-19(29)17(28)18-15(26)16(27)20(34-18)24-10-9-14(25)23-21(24)30/h5-10,15-18,20,26-28H,3-4,11H2,1-2H3,(H,22,29)(H,23,25,30)/t15-,16+,17?,18-,20+/m0/s1. The summed E-state index contributed by atoms with van der Waals surface area (Å²) in [5.41, 5.74) is -0.631. The Bertz CT molecular complexity index is 1170. The lowest BCUT2D eigenvalue weighted by molar-refractivity contribution is -0.138. The molecule has 0 radical (unpaired) electrons. The van der Waals surface area contributed by atoms with Crippen LogP contribution in [0.25, 0.3) is 0 Å². The molecule has 1 amide bonds. The Labute approximate surface area is 199 Å². The number of hydrogen-bond donors (Lipinski definition) is 5. The number of amides is 1. The Balaban J connectivity index is 1.66. The molecule has 5 N–H and O–H groups in total. The van der Waals surface area contributed by atoms with Crippen LogP contribution in [0.1, 0.15) is 25.6 Å². The second kappa shape index (κ2) is 11.4. The molecule has 1 aromatic carbocycles. The van der Waals surface area contributed by atoms with Gasteiger partial charge in [0.25, 0.3) is 11.5 Å². The van der Waals surface area contributed by atoms with Gasteiger partial charge in [0.2, 0.25) is 0 Å². The summed E-state index contributed by atoms with van der Waals surface area (Å²) in [6.45, 7) is 3.87. The van der Waals surface area contributed by atoms with E-state index in [9.17, 15) is 34.3 Å². The molecule has 3 rings (SSSR count). The van der Waals surface area contributed by atoms with Crippen molar-refractivity contribution in [3.8, 4) is 0 Å². The second-order valence-corrected chi connectivity index (χ2v) is 9.78. The quantitative estimate of drug-likeness (QED) is 0.269. The molecule has 0 bridgehead atoms. The first kappa shape index (κ1) is 27.0. The molecule has 2 aromatic rings. The summed E-state index contributed by atoms with van der Waals surface area (Å²) >= 11 is 0. The van der Waals surface area contributed by atoms with Gasteiger partial charge in [-0.2, -0.15) is 0 Å². The van der Waals surface area contributed by atoms with Gasteiger partial charge in [-0.05, 0) is 31.5 Å². The first-order valence-corrected chi connectivity index (χ1v) is 12.6. The minimum atomic E-state index is -3.30. The molecule has 192 valence electrons. The van der Waals surface area contributed by atoms with Gasteiger partial charge in [-0.1, -0.05) is 12.1 Å². The molecule has 0 aliphatic carbocycles. The molecule has 1 aliphatic heterocycles. The largest absolute Gasteiger partial charge is 0.387 e. The highest BCUT2D eigenvalue weighted by Gasteiger charge is 2.49. The average Bonchev–Trinajstić information content (AvgIpc) is 3.09. The zero-order chi connectivity index (χ0) is 25.8. The first-order valence-electron chi connectivity index (χ1n) is 10.9. The highest BCUT2D eigenvalue weighted by Crippen LogP contribution is 2.51. The van der Waals surface area contributed by atoms with Gasteiger partial charge in [-0.3, -0.25) is 23.7 Å². The van der Waals surface area contributed by atoms with Crippen molar-refractivity contribution >= 4 is 19.2 Å². The number of aliphatic hydroxyl groups is 3. The molecule has 14 heteroatoms. The predicted molar refractivity (Wildman–Crippen MR) is 123 cm³/mol. The molecule has 1 saturated heterocycles. The zero-order valence-electron chi connectivity index (χ0n) is 19.1. The van der Waals surface area contributed by atoms with Crippen LogP contribution in [0, 0.1) is 0 Å². The van der Waals surface area contributed by atoms with Gasteiger partial charge < -0.3 is 34.4 Å². The highest BCUT2D eigenvalue weighted by molar-refractivity contribution is 7.53. The normalized spacial score (nSPS) is 23.2. The van der Waals surface area contributed by atoms with Crippen LogP contribution in [0.5, 0.6) is 0 Å². The van der Waals surface area contributed by atoms with Crippen molar-refractivity contribution in [3.05, 3.63) is 62.9 Å². The number of ether oxygens (including phenoxy) is 1. The molecule has 0 saturated carbocycles. The van der Waals surface area contributed by atoms with E-state index in [1.165, 1.54) is 12.1 Å². The average molecular weight is 513 g/mol. The summed E-state index contributed by atoms with van der Waals surface area (Å²) in [7, 11) is -3.30. The number of carbonyl (C=O) groups excluding carboxylic acids is 1. The highest BCUT2D eigenvalue weighted by atomic mass is 31.2. The Morgan fingerprint density at radius 3 is 2.34 bits per heavy atom. The van der Waals surface area contributed by atoms with Crippen molar-refractivity contribution in [1.82, 2.24) is 9.55 Å². The fourth-order valence-electron chi connectivity index (χ4n) is 3.61. The van der Waals surface area contributed by atoms with Crippen molar-refractivity contribution in [2.75, 3.05) is 18.5 Å². The van der Waals surface area contributed by atoms with Gasteiger partial charge in [0, 0.05) is 18.0 Å². The van der Waals surface area contributed by atoms with E-state index in [-0.39, 0.29) is 19.4 Å². The molecular weight excluding hydrogens is 485 g/mol. The van der Waals surface area contributed by atoms with E-state index < -0.39 is 55.4 Å². The number of aliphatic hydroxyl groups excluding tert-OH is 3. The maximum absolute atomic E-state index is 12.7. The smallest absolute Gasteiger partial charge is 0.335 e. The number of nitrogens with one attached hydrogen (secondary N) is 2. The molecule has 35 heavy (non-hydrogen) atoms. The van der Waals surface area contributed by atoms with Gasteiger partial charge in [0.05, 0.1) is 19.4 Å². The second-order valence-electron chi connectivity index (χ2n) is 7.73. The van der Waals surface area contributed by atoms with Crippen LogP contribution in [0.3, 0.4) is 0 Å². The zero-order valence-corrected chi connectivity index (χ0v) is 20.0. The van der Waals surface area contributed by atoms with Crippen LogP contribution in [0.4, 0.5) is 5.69 Å². The van der Waals surface area contributed by atoms with Gasteiger partial charge in [-0.25, -0.2) is 4.79 Å². The lowest BCUT2D eigenvalue weighted by Gasteiger charge is -2.20. The number of anilines is 1. The summed E-state index contributed by atoms with van der Waals surface area (Å²) in [6.07, 6.45) is -7.15. The van der Waals surface area contributed by atoms with Crippen LogP contribution in [0.15, 0.2) is 46.1 Å². The number of benzene rings is 1. The summed E-state index contributed by atoms with van der Waals surface area (Å²) in [5, 5.41) is 33.5. The summed E-state index contributed by atoms with van der Waals surface area (Å²) in [4.78, 5) is 37.8. The predicted octanol–water partition coefficient (Wildman–Crippen LogP) is -0.0785. The van der Waals surface area contributed by atoms with E-state index in [0.717, 1.165) is 16.8 Å². The van der Waals surface area contributed by atoms with Crippen molar-refractivity contribution in [2.45, 2.75) is 50.7 Å². The van der Waals surface area contributed by atoms with E-state index in [4.69, 9.17) is 13.8 Å². The van der Waals surface area contributed by atoms with E-state index in [2.05, 4.69) is 5.32 Å². The van der Waals surface area contributed by atoms with Crippen LogP contribution < -0.4 is 16.6 Å². The third-order valence-corrected chi connectivity index (χ3v) is 7.29.